The largest absolute Gasteiger partial charge is 0.481 e. The fourth-order valence-corrected chi connectivity index (χ4v) is 4.19. The van der Waals surface area contributed by atoms with Crippen LogP contribution in [0, 0.1) is 5.92 Å². The second kappa shape index (κ2) is 7.02. The van der Waals surface area contributed by atoms with Gasteiger partial charge in [-0.05, 0) is 36.5 Å². The molecule has 1 aromatic carbocycles. The lowest BCUT2D eigenvalue weighted by atomic mass is 9.89. The van der Waals surface area contributed by atoms with Gasteiger partial charge in [-0.1, -0.05) is 30.3 Å². The molecule has 2 aliphatic rings. The van der Waals surface area contributed by atoms with E-state index in [1.165, 1.54) is 7.11 Å². The minimum atomic E-state index is -0.877. The minimum absolute atomic E-state index is 0.188. The van der Waals surface area contributed by atoms with E-state index in [9.17, 15) is 14.7 Å². The van der Waals surface area contributed by atoms with E-state index in [1.54, 1.807) is 4.90 Å². The number of carbonyl (C=O) groups excluding carboxylic acids is 1. The van der Waals surface area contributed by atoms with Crippen LogP contribution in [0.3, 0.4) is 0 Å². The average Bonchev–Trinajstić information content (AvgIpc) is 3.33. The van der Waals surface area contributed by atoms with Gasteiger partial charge in [0.25, 0.3) is 5.91 Å². The number of nitrogens with zero attached hydrogens (tertiary/aromatic N) is 2. The highest BCUT2D eigenvalue weighted by molar-refractivity contribution is 5.97. The molecule has 140 valence electrons. The Labute approximate surface area is 157 Å². The summed E-state index contributed by atoms with van der Waals surface area (Å²) in [7, 11) is 1.51. The molecule has 6 nitrogen and oxygen atoms in total. The summed E-state index contributed by atoms with van der Waals surface area (Å²) in [4.78, 5) is 31.1. The monoisotopic (exact) mass is 366 g/mol. The van der Waals surface area contributed by atoms with Crippen molar-refractivity contribution in [1.82, 2.24) is 9.88 Å². The molecule has 1 aromatic heterocycles. The van der Waals surface area contributed by atoms with Crippen molar-refractivity contribution < 1.29 is 19.4 Å². The van der Waals surface area contributed by atoms with E-state index in [0.29, 0.717) is 18.0 Å². The lowest BCUT2D eigenvalue weighted by molar-refractivity contribution is -0.141. The van der Waals surface area contributed by atoms with Crippen molar-refractivity contribution in [3.63, 3.8) is 0 Å². The zero-order valence-corrected chi connectivity index (χ0v) is 15.2. The van der Waals surface area contributed by atoms with Crippen molar-refractivity contribution in [1.29, 1.82) is 0 Å². The third-order valence-corrected chi connectivity index (χ3v) is 5.59. The van der Waals surface area contributed by atoms with Crippen molar-refractivity contribution in [2.75, 3.05) is 20.2 Å². The van der Waals surface area contributed by atoms with Crippen LogP contribution in [0.5, 0.6) is 5.88 Å². The highest BCUT2D eigenvalue weighted by Gasteiger charge is 2.41. The van der Waals surface area contributed by atoms with Crippen molar-refractivity contribution in [2.45, 2.75) is 25.2 Å². The number of carboxylic acid groups (broad SMARTS) is 1. The Morgan fingerprint density at radius 3 is 2.67 bits per heavy atom. The Hall–Kier alpha value is -2.89. The van der Waals surface area contributed by atoms with E-state index >= 15 is 0 Å². The zero-order valence-electron chi connectivity index (χ0n) is 15.2. The van der Waals surface area contributed by atoms with Crippen LogP contribution in [0.4, 0.5) is 0 Å². The van der Waals surface area contributed by atoms with Crippen molar-refractivity contribution in [3.8, 4) is 5.88 Å². The number of carbonyl (C=O) groups is 2. The SMILES string of the molecule is COc1nc2c(cc1C(=O)N1C[C@@H](C(=O)O)[C@H](c3ccccc3)C1)CCC2. The first kappa shape index (κ1) is 17.5. The predicted molar refractivity (Wildman–Crippen MR) is 99.0 cm³/mol. The van der Waals surface area contributed by atoms with E-state index in [1.807, 2.05) is 36.4 Å². The molecular weight excluding hydrogens is 344 g/mol. The van der Waals surface area contributed by atoms with Crippen LogP contribution >= 0.6 is 0 Å². The van der Waals surface area contributed by atoms with E-state index < -0.39 is 11.9 Å². The molecule has 0 unspecified atom stereocenters. The van der Waals surface area contributed by atoms with Crippen LogP contribution in [0.2, 0.25) is 0 Å². The molecule has 0 spiro atoms. The Kier molecular flexibility index (Phi) is 4.56. The molecule has 2 heterocycles. The highest BCUT2D eigenvalue weighted by Crippen LogP contribution is 2.35. The summed E-state index contributed by atoms with van der Waals surface area (Å²) >= 11 is 0. The highest BCUT2D eigenvalue weighted by atomic mass is 16.5. The Bertz CT molecular complexity index is 881. The quantitative estimate of drug-likeness (QED) is 0.899. The van der Waals surface area contributed by atoms with E-state index in [0.717, 1.165) is 36.1 Å². The normalized spacial score (nSPS) is 21.1. The first-order chi connectivity index (χ1) is 13.1. The second-order valence-corrected chi connectivity index (χ2v) is 7.18. The molecular formula is C21H22N2O4. The van der Waals surface area contributed by atoms with E-state index in [-0.39, 0.29) is 18.4 Å². The van der Waals surface area contributed by atoms with Gasteiger partial charge in [0.05, 0.1) is 13.0 Å². The summed E-state index contributed by atoms with van der Waals surface area (Å²) in [5.74, 6) is -1.60. The molecule has 1 saturated heterocycles. The summed E-state index contributed by atoms with van der Waals surface area (Å²) in [6.07, 6.45) is 2.85. The molecule has 1 N–H and O–H groups in total. The number of aromatic nitrogens is 1. The van der Waals surface area contributed by atoms with Gasteiger partial charge in [-0.15, -0.1) is 0 Å². The number of ether oxygens (including phenoxy) is 1. The maximum atomic E-state index is 13.2. The third-order valence-electron chi connectivity index (χ3n) is 5.59. The lowest BCUT2D eigenvalue weighted by Gasteiger charge is -2.18. The summed E-state index contributed by atoms with van der Waals surface area (Å²) in [5.41, 5.74) is 3.46. The Morgan fingerprint density at radius 2 is 1.96 bits per heavy atom. The number of aliphatic carboxylic acids is 1. The summed E-state index contributed by atoms with van der Waals surface area (Å²) in [5, 5.41) is 9.67. The molecule has 0 bridgehead atoms. The van der Waals surface area contributed by atoms with Crippen LogP contribution in [0.1, 0.15) is 39.5 Å². The minimum Gasteiger partial charge on any atom is -0.481 e. The van der Waals surface area contributed by atoms with E-state index in [4.69, 9.17) is 4.74 Å². The van der Waals surface area contributed by atoms with Gasteiger partial charge in [-0.25, -0.2) is 4.98 Å². The molecule has 1 amide bonds. The Morgan fingerprint density at radius 1 is 1.19 bits per heavy atom. The maximum Gasteiger partial charge on any atom is 0.308 e. The molecule has 2 aromatic rings. The predicted octanol–water partition coefficient (Wildman–Crippen LogP) is 2.52. The maximum absolute atomic E-state index is 13.2. The zero-order chi connectivity index (χ0) is 19.0. The molecule has 1 fully saturated rings. The number of fused-ring (bicyclic) bond motifs is 1. The molecule has 0 saturated carbocycles. The fraction of sp³-hybridized carbons (Fsp3) is 0.381. The van der Waals surface area contributed by atoms with Crippen LogP contribution < -0.4 is 4.74 Å². The summed E-state index contributed by atoms with van der Waals surface area (Å²) in [6.45, 7) is 0.564. The Balaban J connectivity index is 1.64. The van der Waals surface area contributed by atoms with Gasteiger partial charge in [0.15, 0.2) is 0 Å². The molecule has 2 atom stereocenters. The number of methoxy groups -OCH3 is 1. The summed E-state index contributed by atoms with van der Waals surface area (Å²) < 4.78 is 5.36. The van der Waals surface area contributed by atoms with Gasteiger partial charge in [0, 0.05) is 24.7 Å². The molecule has 6 heteroatoms. The van der Waals surface area contributed by atoms with Gasteiger partial charge in [-0.2, -0.15) is 0 Å². The van der Waals surface area contributed by atoms with Crippen molar-refractivity contribution >= 4 is 11.9 Å². The molecule has 27 heavy (non-hydrogen) atoms. The van der Waals surface area contributed by atoms with Crippen molar-refractivity contribution in [3.05, 3.63) is 58.8 Å². The average molecular weight is 366 g/mol. The van der Waals surface area contributed by atoms with Crippen LogP contribution in [0.15, 0.2) is 36.4 Å². The second-order valence-electron chi connectivity index (χ2n) is 7.18. The number of amides is 1. The first-order valence-electron chi connectivity index (χ1n) is 9.22. The number of hydrogen-bond donors (Lipinski definition) is 1. The molecule has 1 aliphatic carbocycles. The number of hydrogen-bond acceptors (Lipinski definition) is 4. The summed E-state index contributed by atoms with van der Waals surface area (Å²) in [6, 6.07) is 11.4. The standard InChI is InChI=1S/C21H22N2O4/c1-27-19-15(10-14-8-5-9-18(14)22-19)20(24)23-11-16(17(12-23)21(25)26)13-6-3-2-4-7-13/h2-4,6-7,10,16-17H,5,8-9,11-12H2,1H3,(H,25,26)/t16-,17+/m0/s1. The van der Waals surface area contributed by atoms with E-state index in [2.05, 4.69) is 4.98 Å². The number of rotatable bonds is 4. The third kappa shape index (κ3) is 3.16. The van der Waals surface area contributed by atoms with Gasteiger partial charge in [-0.3, -0.25) is 9.59 Å². The van der Waals surface area contributed by atoms with Gasteiger partial charge in [0.2, 0.25) is 5.88 Å². The van der Waals surface area contributed by atoms with Gasteiger partial charge < -0.3 is 14.7 Å². The lowest BCUT2D eigenvalue weighted by Crippen LogP contribution is -2.30. The van der Waals surface area contributed by atoms with Gasteiger partial charge >= 0.3 is 5.97 Å². The van der Waals surface area contributed by atoms with Gasteiger partial charge in [0.1, 0.15) is 5.56 Å². The van der Waals surface area contributed by atoms with Crippen LogP contribution in [0.25, 0.3) is 0 Å². The van der Waals surface area contributed by atoms with Crippen LogP contribution in [-0.2, 0) is 17.6 Å². The molecule has 1 aliphatic heterocycles. The molecule has 0 radical (unpaired) electrons. The topological polar surface area (TPSA) is 79.7 Å². The number of benzene rings is 1. The number of carboxylic acids is 1. The molecule has 4 rings (SSSR count). The number of aryl methyl sites for hydroxylation is 2. The number of pyridine rings is 1. The first-order valence-corrected chi connectivity index (χ1v) is 9.22. The van der Waals surface area contributed by atoms with Crippen molar-refractivity contribution in [2.24, 2.45) is 5.92 Å². The smallest absolute Gasteiger partial charge is 0.308 e. The van der Waals surface area contributed by atoms with Crippen LogP contribution in [-0.4, -0.2) is 47.1 Å². The number of likely N-dealkylation sites (tertiary alicyclic amines) is 1. The fourth-order valence-electron chi connectivity index (χ4n) is 4.19.